The summed E-state index contributed by atoms with van der Waals surface area (Å²) in [4.78, 5) is 20.3. The monoisotopic (exact) mass is 314 g/mol. The molecule has 0 saturated carbocycles. The van der Waals surface area contributed by atoms with Crippen molar-refractivity contribution in [2.75, 3.05) is 6.26 Å². The molecule has 0 bridgehead atoms. The van der Waals surface area contributed by atoms with Crippen LogP contribution < -0.4 is 0 Å². The number of hydrogen-bond acceptors (Lipinski definition) is 5. The van der Waals surface area contributed by atoms with Gasteiger partial charge in [-0.3, -0.25) is 4.79 Å². The van der Waals surface area contributed by atoms with Crippen molar-refractivity contribution in [2.24, 2.45) is 0 Å². The molecule has 2 heterocycles. The first-order valence-corrected chi connectivity index (χ1v) is 6.98. The molecule has 17 heavy (non-hydrogen) atoms. The third-order valence-corrected chi connectivity index (χ3v) is 3.63. The van der Waals surface area contributed by atoms with Crippen molar-refractivity contribution in [1.82, 2.24) is 9.97 Å². The molecule has 0 spiro atoms. The first kappa shape index (κ1) is 12.6. The van der Waals surface area contributed by atoms with Crippen molar-refractivity contribution in [2.45, 2.75) is 24.6 Å². The summed E-state index contributed by atoms with van der Waals surface area (Å²) >= 11 is 4.71. The summed E-state index contributed by atoms with van der Waals surface area (Å²) in [6.07, 6.45) is 3.55. The summed E-state index contributed by atoms with van der Waals surface area (Å²) in [6.45, 7) is 3.47. The summed E-state index contributed by atoms with van der Waals surface area (Å²) in [5.74, 6) is 0.412. The van der Waals surface area contributed by atoms with Gasteiger partial charge < -0.3 is 4.74 Å². The Morgan fingerprint density at radius 2 is 2.18 bits per heavy atom. The molecule has 0 atom stereocenters. The molecule has 0 fully saturated rings. The second kappa shape index (κ2) is 4.42. The number of ketones is 1. The molecular weight excluding hydrogens is 304 g/mol. The van der Waals surface area contributed by atoms with Crippen LogP contribution in [0.15, 0.2) is 21.9 Å². The summed E-state index contributed by atoms with van der Waals surface area (Å²) in [5, 5.41) is 0.649. The van der Waals surface area contributed by atoms with Gasteiger partial charge in [-0.15, -0.1) is 0 Å². The van der Waals surface area contributed by atoms with E-state index in [-0.39, 0.29) is 5.78 Å². The van der Waals surface area contributed by atoms with Crippen molar-refractivity contribution in [1.29, 1.82) is 0 Å². The Labute approximate surface area is 112 Å². The molecule has 6 heteroatoms. The molecule has 0 aliphatic carbocycles. The maximum Gasteiger partial charge on any atom is 0.216 e. The number of ether oxygens (including phenoxy) is 1. The number of Topliss-reactive ketones (excluding diaryl/α,β-unsaturated/α-hetero) is 1. The number of aromatic nitrogens is 2. The van der Waals surface area contributed by atoms with Crippen LogP contribution in [0.3, 0.4) is 0 Å². The highest BCUT2D eigenvalue weighted by atomic mass is 79.9. The highest BCUT2D eigenvalue weighted by Crippen LogP contribution is 2.38. The van der Waals surface area contributed by atoms with Gasteiger partial charge in [-0.05, 0) is 42.1 Å². The number of halogens is 1. The van der Waals surface area contributed by atoms with Crippen LogP contribution >= 0.6 is 27.7 Å². The standard InChI is InChI=1S/C11H11BrN2O2S/c1-11(2)9(15)7(12)8(16-11)6-4-5-13-10(14-6)17-3/h4-5H,1-3H3. The highest BCUT2D eigenvalue weighted by Gasteiger charge is 2.41. The van der Waals surface area contributed by atoms with E-state index in [0.717, 1.165) is 0 Å². The summed E-state index contributed by atoms with van der Waals surface area (Å²) in [7, 11) is 0. The minimum atomic E-state index is -0.835. The van der Waals surface area contributed by atoms with Crippen LogP contribution in [0.2, 0.25) is 0 Å². The molecule has 4 nitrogen and oxygen atoms in total. The highest BCUT2D eigenvalue weighted by molar-refractivity contribution is 9.12. The molecule has 1 aromatic rings. The molecule has 1 aliphatic rings. The average molecular weight is 315 g/mol. The largest absolute Gasteiger partial charge is 0.476 e. The second-order valence-corrected chi connectivity index (χ2v) is 5.58. The predicted octanol–water partition coefficient (Wildman–Crippen LogP) is 2.64. The molecule has 0 unspecified atom stereocenters. The van der Waals surface area contributed by atoms with E-state index in [2.05, 4.69) is 25.9 Å². The minimum Gasteiger partial charge on any atom is -0.476 e. The number of hydrogen-bond donors (Lipinski definition) is 0. The van der Waals surface area contributed by atoms with Crippen molar-refractivity contribution >= 4 is 39.2 Å². The quantitative estimate of drug-likeness (QED) is 0.620. The van der Waals surface area contributed by atoms with Gasteiger partial charge in [0.1, 0.15) is 10.2 Å². The molecule has 1 aliphatic heterocycles. The summed E-state index contributed by atoms with van der Waals surface area (Å²) in [6, 6.07) is 1.73. The Bertz CT molecular complexity index is 514. The van der Waals surface area contributed by atoms with E-state index in [0.29, 0.717) is 21.1 Å². The van der Waals surface area contributed by atoms with Gasteiger partial charge in [0.05, 0.1) is 0 Å². The zero-order valence-corrected chi connectivity index (χ0v) is 12.1. The Morgan fingerprint density at radius 1 is 1.47 bits per heavy atom. The topological polar surface area (TPSA) is 52.1 Å². The zero-order valence-electron chi connectivity index (χ0n) is 9.65. The average Bonchev–Trinajstić information content (AvgIpc) is 2.53. The molecule has 2 rings (SSSR count). The van der Waals surface area contributed by atoms with Gasteiger partial charge in [0.15, 0.2) is 16.5 Å². The summed E-state index contributed by atoms with van der Waals surface area (Å²) < 4.78 is 6.08. The minimum absolute atomic E-state index is 0.0724. The smallest absolute Gasteiger partial charge is 0.216 e. The number of thioether (sulfide) groups is 1. The van der Waals surface area contributed by atoms with E-state index in [1.54, 1.807) is 26.1 Å². The molecular formula is C11H11BrN2O2S. The molecule has 90 valence electrons. The molecule has 0 N–H and O–H groups in total. The van der Waals surface area contributed by atoms with Gasteiger partial charge >= 0.3 is 0 Å². The zero-order chi connectivity index (χ0) is 12.6. The third-order valence-electron chi connectivity index (χ3n) is 2.35. The lowest BCUT2D eigenvalue weighted by molar-refractivity contribution is -0.125. The fourth-order valence-corrected chi connectivity index (χ4v) is 2.56. The van der Waals surface area contributed by atoms with Crippen LogP contribution in [0.4, 0.5) is 0 Å². The van der Waals surface area contributed by atoms with Crippen LogP contribution in [0.1, 0.15) is 19.5 Å². The van der Waals surface area contributed by atoms with Gasteiger partial charge in [-0.2, -0.15) is 0 Å². The van der Waals surface area contributed by atoms with Gasteiger partial charge in [-0.25, -0.2) is 9.97 Å². The van der Waals surface area contributed by atoms with Crippen LogP contribution in [-0.4, -0.2) is 27.6 Å². The van der Waals surface area contributed by atoms with E-state index in [9.17, 15) is 4.79 Å². The van der Waals surface area contributed by atoms with E-state index >= 15 is 0 Å². The van der Waals surface area contributed by atoms with Crippen molar-refractivity contribution in [3.05, 3.63) is 22.4 Å². The fourth-order valence-electron chi connectivity index (χ4n) is 1.44. The van der Waals surface area contributed by atoms with Gasteiger partial charge in [0.2, 0.25) is 5.78 Å². The first-order chi connectivity index (χ1) is 7.95. The second-order valence-electron chi connectivity index (χ2n) is 4.01. The molecule has 1 aromatic heterocycles. The van der Waals surface area contributed by atoms with E-state index in [1.807, 2.05) is 6.26 Å². The van der Waals surface area contributed by atoms with Crippen molar-refractivity contribution in [3.63, 3.8) is 0 Å². The lowest BCUT2D eigenvalue weighted by Crippen LogP contribution is -2.28. The first-order valence-electron chi connectivity index (χ1n) is 4.96. The number of rotatable bonds is 2. The Balaban J connectivity index is 2.44. The van der Waals surface area contributed by atoms with E-state index < -0.39 is 5.60 Å². The SMILES string of the molecule is CSc1nccc(C2=C(Br)C(=O)C(C)(C)O2)n1. The Hall–Kier alpha value is -0.880. The Kier molecular flexibility index (Phi) is 3.27. The fraction of sp³-hybridized carbons (Fsp3) is 0.364. The van der Waals surface area contributed by atoms with Crippen LogP contribution in [0.5, 0.6) is 0 Å². The van der Waals surface area contributed by atoms with Crippen LogP contribution in [0.25, 0.3) is 5.76 Å². The third kappa shape index (κ3) is 2.24. The maximum absolute atomic E-state index is 11.9. The molecule has 0 amide bonds. The van der Waals surface area contributed by atoms with E-state index in [1.165, 1.54) is 11.8 Å². The number of carbonyl (C=O) groups excluding carboxylic acids is 1. The lowest BCUT2D eigenvalue weighted by Gasteiger charge is -2.17. The normalized spacial score (nSPS) is 18.5. The van der Waals surface area contributed by atoms with Crippen molar-refractivity contribution < 1.29 is 9.53 Å². The lowest BCUT2D eigenvalue weighted by atomic mass is 10.1. The predicted molar refractivity (Wildman–Crippen MR) is 69.8 cm³/mol. The van der Waals surface area contributed by atoms with E-state index in [4.69, 9.17) is 4.74 Å². The maximum atomic E-state index is 11.9. The molecule has 0 aromatic carbocycles. The number of nitrogens with zero attached hydrogens (tertiary/aromatic N) is 2. The van der Waals surface area contributed by atoms with Gasteiger partial charge in [0.25, 0.3) is 0 Å². The molecule has 0 saturated heterocycles. The van der Waals surface area contributed by atoms with Gasteiger partial charge in [-0.1, -0.05) is 11.8 Å². The Morgan fingerprint density at radius 3 is 2.71 bits per heavy atom. The molecule has 0 radical (unpaired) electrons. The van der Waals surface area contributed by atoms with Gasteiger partial charge in [0, 0.05) is 6.20 Å². The van der Waals surface area contributed by atoms with Crippen LogP contribution in [0, 0.1) is 0 Å². The van der Waals surface area contributed by atoms with Crippen molar-refractivity contribution in [3.8, 4) is 0 Å². The van der Waals surface area contributed by atoms with Crippen LogP contribution in [-0.2, 0) is 9.53 Å². The number of carbonyl (C=O) groups is 1. The summed E-state index contributed by atoms with van der Waals surface area (Å²) in [5.41, 5.74) is -0.214.